The molecule has 2 nitrogen and oxygen atoms in total. The number of nitrogens with one attached hydrogen (secondary N) is 1. The molecule has 1 aliphatic carbocycles. The van der Waals surface area contributed by atoms with Crippen LogP contribution in [-0.4, -0.2) is 11.5 Å². The van der Waals surface area contributed by atoms with Crippen molar-refractivity contribution in [2.45, 2.75) is 39.5 Å². The molecular weight excluding hydrogens is 192 g/mol. The van der Waals surface area contributed by atoms with Gasteiger partial charge in [-0.15, -0.1) is 11.3 Å². The summed E-state index contributed by atoms with van der Waals surface area (Å²) in [4.78, 5) is 4.41. The number of rotatable bonds is 3. The van der Waals surface area contributed by atoms with Gasteiger partial charge >= 0.3 is 0 Å². The van der Waals surface area contributed by atoms with E-state index < -0.39 is 0 Å². The van der Waals surface area contributed by atoms with Gasteiger partial charge < -0.3 is 5.32 Å². The molecular formula is C11H18N2S. The van der Waals surface area contributed by atoms with Crippen molar-refractivity contribution in [1.29, 1.82) is 0 Å². The van der Waals surface area contributed by atoms with Crippen LogP contribution in [0, 0.1) is 12.3 Å². The molecule has 0 radical (unpaired) electrons. The van der Waals surface area contributed by atoms with E-state index in [4.69, 9.17) is 0 Å². The predicted molar refractivity (Wildman–Crippen MR) is 61.9 cm³/mol. The maximum Gasteiger partial charge on any atom is 0.182 e. The number of aryl methyl sites for hydroxylation is 1. The molecule has 2 rings (SSSR count). The minimum atomic E-state index is 0.513. The Morgan fingerprint density at radius 1 is 1.50 bits per heavy atom. The summed E-state index contributed by atoms with van der Waals surface area (Å²) in [6.07, 6.45) is 5.53. The average molecular weight is 210 g/mol. The quantitative estimate of drug-likeness (QED) is 0.826. The van der Waals surface area contributed by atoms with Gasteiger partial charge in [-0.25, -0.2) is 4.98 Å². The summed E-state index contributed by atoms with van der Waals surface area (Å²) in [6, 6.07) is 0. The molecule has 1 saturated carbocycles. The van der Waals surface area contributed by atoms with Gasteiger partial charge in [0.1, 0.15) is 0 Å². The molecule has 1 aliphatic rings. The molecule has 0 amide bonds. The lowest BCUT2D eigenvalue weighted by molar-refractivity contribution is 0.362. The number of hydrogen-bond acceptors (Lipinski definition) is 3. The van der Waals surface area contributed by atoms with Gasteiger partial charge in [0.25, 0.3) is 0 Å². The summed E-state index contributed by atoms with van der Waals surface area (Å²) in [5.41, 5.74) is 1.63. The fourth-order valence-electron chi connectivity index (χ4n) is 2.13. The smallest absolute Gasteiger partial charge is 0.182 e. The lowest BCUT2D eigenvalue weighted by Gasteiger charge is -2.23. The van der Waals surface area contributed by atoms with Gasteiger partial charge in [0.05, 0.1) is 5.69 Å². The monoisotopic (exact) mass is 210 g/mol. The molecule has 0 bridgehead atoms. The summed E-state index contributed by atoms with van der Waals surface area (Å²) in [5.74, 6) is 0. The number of anilines is 1. The largest absolute Gasteiger partial charge is 0.361 e. The van der Waals surface area contributed by atoms with Crippen molar-refractivity contribution in [3.05, 3.63) is 11.1 Å². The minimum absolute atomic E-state index is 0.513. The van der Waals surface area contributed by atoms with Crippen molar-refractivity contribution in [1.82, 2.24) is 4.98 Å². The van der Waals surface area contributed by atoms with Crippen LogP contribution in [0.2, 0.25) is 0 Å². The van der Waals surface area contributed by atoms with Gasteiger partial charge in [-0.1, -0.05) is 19.8 Å². The number of thiazole rings is 1. The summed E-state index contributed by atoms with van der Waals surface area (Å²) in [6.45, 7) is 5.51. The van der Waals surface area contributed by atoms with Crippen molar-refractivity contribution in [2.24, 2.45) is 5.41 Å². The Labute approximate surface area is 89.8 Å². The first-order valence-electron chi connectivity index (χ1n) is 5.34. The zero-order valence-electron chi connectivity index (χ0n) is 8.97. The second-order valence-electron chi connectivity index (χ2n) is 4.67. The average Bonchev–Trinajstić information content (AvgIpc) is 2.73. The van der Waals surface area contributed by atoms with Crippen LogP contribution in [0.3, 0.4) is 0 Å². The van der Waals surface area contributed by atoms with Gasteiger partial charge in [-0.3, -0.25) is 0 Å². The third kappa shape index (κ3) is 2.27. The summed E-state index contributed by atoms with van der Waals surface area (Å²) >= 11 is 1.71. The van der Waals surface area contributed by atoms with E-state index in [0.717, 1.165) is 17.4 Å². The van der Waals surface area contributed by atoms with Crippen molar-refractivity contribution < 1.29 is 0 Å². The van der Waals surface area contributed by atoms with E-state index in [0.29, 0.717) is 5.41 Å². The third-order valence-corrected chi connectivity index (χ3v) is 4.01. The first-order chi connectivity index (χ1) is 6.68. The summed E-state index contributed by atoms with van der Waals surface area (Å²) < 4.78 is 0. The number of aromatic nitrogens is 1. The Morgan fingerprint density at radius 3 is 2.79 bits per heavy atom. The van der Waals surface area contributed by atoms with Crippen LogP contribution in [0.5, 0.6) is 0 Å². The second-order valence-corrected chi connectivity index (χ2v) is 5.52. The van der Waals surface area contributed by atoms with Crippen LogP contribution in [-0.2, 0) is 0 Å². The van der Waals surface area contributed by atoms with Crippen molar-refractivity contribution in [3.63, 3.8) is 0 Å². The molecule has 78 valence electrons. The lowest BCUT2D eigenvalue weighted by atomic mass is 9.89. The Hall–Kier alpha value is -0.570. The van der Waals surface area contributed by atoms with Crippen LogP contribution in [0.4, 0.5) is 5.13 Å². The van der Waals surface area contributed by atoms with Crippen LogP contribution in [0.1, 0.15) is 38.3 Å². The normalized spacial score (nSPS) is 19.9. The molecule has 0 aromatic carbocycles. The van der Waals surface area contributed by atoms with E-state index in [1.807, 2.05) is 6.92 Å². The second kappa shape index (κ2) is 3.89. The van der Waals surface area contributed by atoms with Crippen molar-refractivity contribution >= 4 is 16.5 Å². The highest BCUT2D eigenvalue weighted by Crippen LogP contribution is 2.37. The van der Waals surface area contributed by atoms with Gasteiger partial charge in [-0.05, 0) is 25.2 Å². The molecule has 1 N–H and O–H groups in total. The van der Waals surface area contributed by atoms with Crippen LogP contribution in [0.15, 0.2) is 5.38 Å². The van der Waals surface area contributed by atoms with E-state index >= 15 is 0 Å². The molecule has 0 atom stereocenters. The molecule has 0 unspecified atom stereocenters. The molecule has 0 spiro atoms. The molecule has 1 aromatic rings. The Morgan fingerprint density at radius 2 is 2.21 bits per heavy atom. The Kier molecular flexibility index (Phi) is 2.77. The topological polar surface area (TPSA) is 24.9 Å². The summed E-state index contributed by atoms with van der Waals surface area (Å²) in [7, 11) is 0. The van der Waals surface area contributed by atoms with E-state index in [1.165, 1.54) is 25.7 Å². The van der Waals surface area contributed by atoms with Crippen LogP contribution < -0.4 is 5.32 Å². The molecule has 0 saturated heterocycles. The Balaban J connectivity index is 1.87. The number of hydrogen-bond donors (Lipinski definition) is 1. The highest BCUT2D eigenvalue weighted by atomic mass is 32.1. The molecule has 1 heterocycles. The van der Waals surface area contributed by atoms with E-state index in [9.17, 15) is 0 Å². The fourth-order valence-corrected chi connectivity index (χ4v) is 2.82. The molecule has 1 aromatic heterocycles. The zero-order valence-corrected chi connectivity index (χ0v) is 9.78. The SMILES string of the molecule is Cc1csc(NCC2(C)CCCC2)n1. The van der Waals surface area contributed by atoms with Crippen LogP contribution >= 0.6 is 11.3 Å². The molecule has 1 fully saturated rings. The van der Waals surface area contributed by atoms with Gasteiger partial charge in [0, 0.05) is 11.9 Å². The predicted octanol–water partition coefficient (Wildman–Crippen LogP) is 3.44. The maximum absolute atomic E-state index is 4.41. The first kappa shape index (κ1) is 9.97. The lowest BCUT2D eigenvalue weighted by Crippen LogP contribution is -2.22. The summed E-state index contributed by atoms with van der Waals surface area (Å²) in [5, 5.41) is 6.63. The highest BCUT2D eigenvalue weighted by Gasteiger charge is 2.28. The van der Waals surface area contributed by atoms with Gasteiger partial charge in [-0.2, -0.15) is 0 Å². The minimum Gasteiger partial charge on any atom is -0.361 e. The maximum atomic E-state index is 4.41. The van der Waals surface area contributed by atoms with Gasteiger partial charge in [0.2, 0.25) is 0 Å². The zero-order chi connectivity index (χ0) is 10.0. The molecule has 3 heteroatoms. The fraction of sp³-hybridized carbons (Fsp3) is 0.727. The first-order valence-corrected chi connectivity index (χ1v) is 6.22. The molecule has 14 heavy (non-hydrogen) atoms. The standard InChI is InChI=1S/C11H18N2S/c1-9-7-14-10(13-9)12-8-11(2)5-3-4-6-11/h7H,3-6,8H2,1-2H3,(H,12,13). The third-order valence-electron chi connectivity index (χ3n) is 3.10. The van der Waals surface area contributed by atoms with Gasteiger partial charge in [0.15, 0.2) is 5.13 Å². The van der Waals surface area contributed by atoms with Crippen molar-refractivity contribution in [3.8, 4) is 0 Å². The van der Waals surface area contributed by atoms with E-state index in [2.05, 4.69) is 22.6 Å². The Bertz CT molecular complexity index is 300. The highest BCUT2D eigenvalue weighted by molar-refractivity contribution is 7.13. The molecule has 0 aliphatic heterocycles. The van der Waals surface area contributed by atoms with E-state index in [1.54, 1.807) is 11.3 Å². The van der Waals surface area contributed by atoms with Crippen molar-refractivity contribution in [2.75, 3.05) is 11.9 Å². The van der Waals surface area contributed by atoms with E-state index in [-0.39, 0.29) is 0 Å². The van der Waals surface area contributed by atoms with Crippen LogP contribution in [0.25, 0.3) is 0 Å². The number of nitrogens with zero attached hydrogens (tertiary/aromatic N) is 1.